The van der Waals surface area contributed by atoms with E-state index < -0.39 is 26.6 Å². The van der Waals surface area contributed by atoms with Gasteiger partial charge in [0.05, 0.1) is 39.9 Å². The number of aliphatic hydroxyl groups is 1. The van der Waals surface area contributed by atoms with Crippen molar-refractivity contribution in [2.45, 2.75) is 199 Å². The van der Waals surface area contributed by atoms with Crippen molar-refractivity contribution in [2.75, 3.05) is 40.9 Å². The third kappa shape index (κ3) is 48.9. The predicted molar refractivity (Wildman–Crippen MR) is 279 cm³/mol. The zero-order chi connectivity index (χ0) is 47.8. The van der Waals surface area contributed by atoms with Crippen LogP contribution in [0.3, 0.4) is 0 Å². The highest BCUT2D eigenvalue weighted by atomic mass is 31.2. The average Bonchev–Trinajstić information content (AvgIpc) is 3.26. The largest absolute Gasteiger partial charge is 0.756 e. The fourth-order valence-electron chi connectivity index (χ4n) is 6.64. The summed E-state index contributed by atoms with van der Waals surface area (Å²) in [6.07, 6.45) is 67.3. The first-order chi connectivity index (χ1) is 31.5. The van der Waals surface area contributed by atoms with E-state index in [0.29, 0.717) is 17.4 Å². The van der Waals surface area contributed by atoms with Gasteiger partial charge >= 0.3 is 0 Å². The Kier molecular flexibility index (Phi) is 44.3. The quantitative estimate of drug-likeness (QED) is 0.0273. The van der Waals surface area contributed by atoms with Gasteiger partial charge in [0.25, 0.3) is 7.82 Å². The van der Waals surface area contributed by atoms with E-state index in [2.05, 4.69) is 116 Å². The summed E-state index contributed by atoms with van der Waals surface area (Å²) < 4.78 is 23.2. The van der Waals surface area contributed by atoms with Crippen LogP contribution in [0.5, 0.6) is 0 Å². The second-order valence-corrected chi connectivity index (χ2v) is 19.5. The van der Waals surface area contributed by atoms with Crippen LogP contribution in [0.15, 0.2) is 109 Å². The molecule has 65 heavy (non-hydrogen) atoms. The number of rotatable bonds is 45. The molecule has 3 atom stereocenters. The minimum Gasteiger partial charge on any atom is -0.756 e. The number of quaternary nitrogens is 1. The Morgan fingerprint density at radius 1 is 0.554 bits per heavy atom. The molecule has 0 aromatic heterocycles. The van der Waals surface area contributed by atoms with Crippen LogP contribution in [0, 0.1) is 0 Å². The number of aliphatic hydroxyl groups excluding tert-OH is 1. The molecule has 8 nitrogen and oxygen atoms in total. The minimum atomic E-state index is -4.61. The number of allylic oxidation sites excluding steroid dienone is 17. The van der Waals surface area contributed by atoms with E-state index in [1.54, 1.807) is 6.08 Å². The molecule has 0 radical (unpaired) electrons. The first-order valence-corrected chi connectivity index (χ1v) is 27.2. The van der Waals surface area contributed by atoms with E-state index in [-0.39, 0.29) is 12.5 Å². The van der Waals surface area contributed by atoms with Gasteiger partial charge in [0, 0.05) is 6.42 Å². The highest BCUT2D eigenvalue weighted by Crippen LogP contribution is 2.38. The second-order valence-electron chi connectivity index (χ2n) is 18.1. The number of phosphoric ester groups is 1. The van der Waals surface area contributed by atoms with E-state index in [1.165, 1.54) is 77.0 Å². The molecule has 3 unspecified atom stereocenters. The first kappa shape index (κ1) is 62.2. The highest BCUT2D eigenvalue weighted by Gasteiger charge is 2.23. The van der Waals surface area contributed by atoms with E-state index in [4.69, 9.17) is 9.05 Å². The van der Waals surface area contributed by atoms with Gasteiger partial charge in [-0.1, -0.05) is 200 Å². The Morgan fingerprint density at radius 2 is 0.954 bits per heavy atom. The molecule has 0 aliphatic rings. The molecule has 0 heterocycles. The molecule has 0 saturated heterocycles. The van der Waals surface area contributed by atoms with Crippen LogP contribution in [0.4, 0.5) is 0 Å². The molecule has 2 N–H and O–H groups in total. The molecule has 1 amide bonds. The maximum Gasteiger partial charge on any atom is 0.268 e. The van der Waals surface area contributed by atoms with Crippen LogP contribution in [-0.4, -0.2) is 68.5 Å². The molecule has 9 heteroatoms. The highest BCUT2D eigenvalue weighted by molar-refractivity contribution is 7.45. The predicted octanol–water partition coefficient (Wildman–Crippen LogP) is 14.6. The van der Waals surface area contributed by atoms with Gasteiger partial charge in [-0.15, -0.1) is 0 Å². The number of carbonyl (C=O) groups is 1. The SMILES string of the molecule is CC/C=C\C/C=C\C/C=C\C/C=C\C/C=C\C/C=C\CCCCCCCCCCCCCCC(=O)NC(COP(=O)([O-])OCC[N+](C)(C)C)C(O)/C=C/CC/C=C/CC/C=C/CCCC. The molecule has 0 aromatic carbocycles. The molecule has 0 aromatic rings. The van der Waals surface area contributed by atoms with Crippen LogP contribution in [-0.2, 0) is 18.4 Å². The fraction of sp³-hybridized carbons (Fsp3) is 0.661. The van der Waals surface area contributed by atoms with Crippen molar-refractivity contribution in [1.29, 1.82) is 0 Å². The number of likely N-dealkylation sites (N-methyl/N-ethyl adjacent to an activating group) is 1. The molecule has 0 saturated carbocycles. The molecule has 0 aliphatic heterocycles. The number of amides is 1. The summed E-state index contributed by atoms with van der Waals surface area (Å²) in [5, 5.41) is 13.8. The Hall–Kier alpha value is -2.84. The summed E-state index contributed by atoms with van der Waals surface area (Å²) in [7, 11) is 1.22. The van der Waals surface area contributed by atoms with Crippen molar-refractivity contribution >= 4 is 13.7 Å². The van der Waals surface area contributed by atoms with Crippen molar-refractivity contribution in [2.24, 2.45) is 0 Å². The number of nitrogens with one attached hydrogen (secondary N) is 1. The van der Waals surface area contributed by atoms with Gasteiger partial charge in [-0.2, -0.15) is 0 Å². The van der Waals surface area contributed by atoms with E-state index in [9.17, 15) is 19.4 Å². The number of hydrogen-bond acceptors (Lipinski definition) is 6. The van der Waals surface area contributed by atoms with Crippen LogP contribution in [0.2, 0.25) is 0 Å². The lowest BCUT2D eigenvalue weighted by atomic mass is 10.0. The van der Waals surface area contributed by atoms with E-state index >= 15 is 0 Å². The van der Waals surface area contributed by atoms with Gasteiger partial charge in [0.15, 0.2) is 0 Å². The maximum atomic E-state index is 12.9. The zero-order valence-corrected chi connectivity index (χ0v) is 43.0. The van der Waals surface area contributed by atoms with E-state index in [1.807, 2.05) is 27.2 Å². The number of carbonyl (C=O) groups excluding carboxylic acids is 1. The van der Waals surface area contributed by atoms with Crippen molar-refractivity contribution in [1.82, 2.24) is 5.32 Å². The van der Waals surface area contributed by atoms with Crippen molar-refractivity contribution in [3.8, 4) is 0 Å². The molecule has 0 rings (SSSR count). The molecular weight excluding hydrogens is 828 g/mol. The molecular formula is C56H97N2O6P. The number of nitrogens with zero attached hydrogens (tertiary/aromatic N) is 1. The fourth-order valence-corrected chi connectivity index (χ4v) is 7.37. The van der Waals surface area contributed by atoms with Gasteiger partial charge in [-0.25, -0.2) is 0 Å². The molecule has 0 fully saturated rings. The lowest BCUT2D eigenvalue weighted by Crippen LogP contribution is -2.45. The van der Waals surface area contributed by atoms with Gasteiger partial charge < -0.3 is 28.8 Å². The Labute approximate surface area is 400 Å². The standard InChI is InChI=1S/C56H97N2O6P/c1-6-8-10-12-14-16-18-20-21-22-23-24-25-26-27-28-29-30-31-32-33-34-35-36-37-38-40-42-44-46-48-50-56(60)57-54(53-64-65(61,62)63-52-51-58(3,4)5)55(59)49-47-45-43-41-39-19-17-15-13-11-9-7-2/h8,10,13-16,20-21,23-24,26-27,29-30,39,41,47,49,54-55,59H,6-7,9,11-12,17-19,22,25,28,31-38,40,42-46,48,50-53H2,1-5H3,(H-,57,60,61,62)/b10-8-,15-13+,16-14-,21-20-,24-23-,27-26-,30-29-,41-39+,49-47+. The van der Waals surface area contributed by atoms with Gasteiger partial charge in [0.2, 0.25) is 5.91 Å². The molecule has 0 aliphatic carbocycles. The lowest BCUT2D eigenvalue weighted by molar-refractivity contribution is -0.870. The zero-order valence-electron chi connectivity index (χ0n) is 42.1. The topological polar surface area (TPSA) is 108 Å². The number of phosphoric acid groups is 1. The second kappa shape index (κ2) is 46.3. The molecule has 0 spiro atoms. The number of unbranched alkanes of at least 4 members (excludes halogenated alkanes) is 16. The summed E-state index contributed by atoms with van der Waals surface area (Å²) in [5.74, 6) is -0.221. The van der Waals surface area contributed by atoms with Crippen LogP contribution in [0.1, 0.15) is 187 Å². The monoisotopic (exact) mass is 925 g/mol. The van der Waals surface area contributed by atoms with Crippen molar-refractivity contribution in [3.05, 3.63) is 109 Å². The van der Waals surface area contributed by atoms with Gasteiger partial charge in [-0.3, -0.25) is 9.36 Å². The van der Waals surface area contributed by atoms with Crippen LogP contribution >= 0.6 is 7.82 Å². The van der Waals surface area contributed by atoms with E-state index in [0.717, 1.165) is 89.9 Å². The summed E-state index contributed by atoms with van der Waals surface area (Å²) in [5.41, 5.74) is 0. The van der Waals surface area contributed by atoms with Crippen LogP contribution < -0.4 is 10.2 Å². The first-order valence-electron chi connectivity index (χ1n) is 25.7. The lowest BCUT2D eigenvalue weighted by Gasteiger charge is -2.29. The summed E-state index contributed by atoms with van der Waals surface area (Å²) in [6.45, 7) is 4.43. The average molecular weight is 925 g/mol. The smallest absolute Gasteiger partial charge is 0.268 e. The summed E-state index contributed by atoms with van der Waals surface area (Å²) >= 11 is 0. The third-order valence-corrected chi connectivity index (χ3v) is 11.7. The summed E-state index contributed by atoms with van der Waals surface area (Å²) in [6, 6.07) is -0.916. The molecule has 0 bridgehead atoms. The number of hydrogen-bond donors (Lipinski definition) is 2. The van der Waals surface area contributed by atoms with Crippen LogP contribution in [0.25, 0.3) is 0 Å². The minimum absolute atomic E-state index is 0.0146. The Morgan fingerprint density at radius 3 is 1.43 bits per heavy atom. The molecule has 372 valence electrons. The summed E-state index contributed by atoms with van der Waals surface area (Å²) in [4.78, 5) is 25.4. The Balaban J connectivity index is 4.18. The third-order valence-electron chi connectivity index (χ3n) is 10.7. The maximum absolute atomic E-state index is 12.9. The van der Waals surface area contributed by atoms with Crippen molar-refractivity contribution < 1.29 is 32.9 Å². The van der Waals surface area contributed by atoms with Crippen molar-refractivity contribution in [3.63, 3.8) is 0 Å². The van der Waals surface area contributed by atoms with Gasteiger partial charge in [0.1, 0.15) is 13.2 Å². The Bertz CT molecular complexity index is 1420. The van der Waals surface area contributed by atoms with Gasteiger partial charge in [-0.05, 0) is 89.9 Å². The normalized spacial score (nSPS) is 15.0.